The van der Waals surface area contributed by atoms with Gasteiger partial charge in [0.1, 0.15) is 11.2 Å². The summed E-state index contributed by atoms with van der Waals surface area (Å²) in [6.45, 7) is 4.60. The van der Waals surface area contributed by atoms with Crippen molar-refractivity contribution in [1.29, 1.82) is 0 Å². The van der Waals surface area contributed by atoms with E-state index in [4.69, 9.17) is 19.4 Å². The molecule has 0 spiro atoms. The summed E-state index contributed by atoms with van der Waals surface area (Å²) in [5.74, 6) is 1.87. The normalized spacial score (nSPS) is 13.1. The van der Waals surface area contributed by atoms with Crippen LogP contribution in [0.3, 0.4) is 0 Å². The molecule has 0 atom stereocenters. The third-order valence-electron chi connectivity index (χ3n) is 12.3. The zero-order valence-electron chi connectivity index (χ0n) is 32.5. The molecule has 3 aromatic heterocycles. The van der Waals surface area contributed by atoms with Crippen LogP contribution in [-0.4, -0.2) is 19.5 Å². The predicted molar refractivity (Wildman–Crippen MR) is 241 cm³/mol. The van der Waals surface area contributed by atoms with E-state index in [-0.39, 0.29) is 5.41 Å². The van der Waals surface area contributed by atoms with Gasteiger partial charge in [-0.15, -0.1) is 0 Å². The highest BCUT2D eigenvalue weighted by Gasteiger charge is 2.37. The smallest absolute Gasteiger partial charge is 0.164 e. The highest BCUT2D eigenvalue weighted by Crippen LogP contribution is 2.52. The van der Waals surface area contributed by atoms with Crippen molar-refractivity contribution in [2.75, 3.05) is 0 Å². The second-order valence-electron chi connectivity index (χ2n) is 16.0. The second-order valence-corrected chi connectivity index (χ2v) is 16.0. The van der Waals surface area contributed by atoms with Crippen LogP contribution in [0.2, 0.25) is 0 Å². The minimum Gasteiger partial charge on any atom is -0.456 e. The number of hydrogen-bond acceptors (Lipinski definition) is 4. The predicted octanol–water partition coefficient (Wildman–Crippen LogP) is 13.8. The number of para-hydroxylation sites is 1. The van der Waals surface area contributed by atoms with Crippen molar-refractivity contribution >= 4 is 43.7 Å². The molecule has 8 aromatic carbocycles. The molecule has 3 heterocycles. The van der Waals surface area contributed by atoms with E-state index in [2.05, 4.69) is 170 Å². The number of fused-ring (bicyclic) bond motifs is 9. The first-order chi connectivity index (χ1) is 29.0. The molecule has 0 radical (unpaired) electrons. The molecule has 0 saturated carbocycles. The Morgan fingerprint density at radius 1 is 0.424 bits per heavy atom. The maximum Gasteiger partial charge on any atom is 0.164 e. The summed E-state index contributed by atoms with van der Waals surface area (Å²) >= 11 is 0. The van der Waals surface area contributed by atoms with Crippen molar-refractivity contribution in [3.8, 4) is 62.1 Å². The molecular weight excluding hydrogens is 721 g/mol. The Morgan fingerprint density at radius 3 is 1.92 bits per heavy atom. The van der Waals surface area contributed by atoms with Crippen LogP contribution < -0.4 is 0 Å². The van der Waals surface area contributed by atoms with Crippen LogP contribution in [0.5, 0.6) is 0 Å². The number of furan rings is 1. The van der Waals surface area contributed by atoms with Gasteiger partial charge in [0.25, 0.3) is 0 Å². The largest absolute Gasteiger partial charge is 0.456 e. The summed E-state index contributed by atoms with van der Waals surface area (Å²) in [4.78, 5) is 15.8. The van der Waals surface area contributed by atoms with Crippen molar-refractivity contribution < 1.29 is 4.42 Å². The number of aromatic nitrogens is 4. The van der Waals surface area contributed by atoms with E-state index in [9.17, 15) is 0 Å². The highest BCUT2D eigenvalue weighted by molar-refractivity contribution is 6.14. The first kappa shape index (κ1) is 33.5. The summed E-state index contributed by atoms with van der Waals surface area (Å²) in [7, 11) is 0. The fraction of sp³-hybridized carbons (Fsp3) is 0.0556. The lowest BCUT2D eigenvalue weighted by Crippen LogP contribution is -2.14. The molecule has 0 amide bonds. The molecule has 0 fully saturated rings. The van der Waals surface area contributed by atoms with Crippen LogP contribution in [0, 0.1) is 0 Å². The average Bonchev–Trinajstić information content (AvgIpc) is 3.91. The molecule has 0 N–H and O–H groups in total. The second kappa shape index (κ2) is 12.7. The lowest BCUT2D eigenvalue weighted by Gasteiger charge is -2.21. The van der Waals surface area contributed by atoms with E-state index in [0.29, 0.717) is 17.5 Å². The van der Waals surface area contributed by atoms with Gasteiger partial charge in [-0.2, -0.15) is 0 Å². The number of rotatable bonds is 5. The fourth-order valence-corrected chi connectivity index (χ4v) is 9.48. The van der Waals surface area contributed by atoms with E-state index in [1.165, 1.54) is 44.2 Å². The quantitative estimate of drug-likeness (QED) is 0.175. The van der Waals surface area contributed by atoms with E-state index in [0.717, 1.165) is 55.3 Å². The fourth-order valence-electron chi connectivity index (χ4n) is 9.48. The summed E-state index contributed by atoms with van der Waals surface area (Å²) in [6.07, 6.45) is 0. The molecule has 5 nitrogen and oxygen atoms in total. The third kappa shape index (κ3) is 5.08. The van der Waals surface area contributed by atoms with Gasteiger partial charge in [-0.25, -0.2) is 15.0 Å². The Bertz CT molecular complexity index is 3470. The topological polar surface area (TPSA) is 56.7 Å². The maximum atomic E-state index is 6.60. The van der Waals surface area contributed by atoms with Gasteiger partial charge in [-0.05, 0) is 75.8 Å². The Balaban J connectivity index is 1.08. The SMILES string of the molecule is CC1(C)c2ccccc2-c2c(-c3nc(-c4ccccc4)nc(-c4cccc5oc6ccc(-n7c8ccccc8c8cc(-c9ccccc9)ccc87)cc6c45)n3)cccc21. The van der Waals surface area contributed by atoms with E-state index in [1.807, 2.05) is 30.3 Å². The van der Waals surface area contributed by atoms with Gasteiger partial charge in [-0.1, -0.05) is 153 Å². The van der Waals surface area contributed by atoms with Crippen LogP contribution in [0.1, 0.15) is 25.0 Å². The Hall–Kier alpha value is -7.63. The lowest BCUT2D eigenvalue weighted by atomic mass is 9.82. The van der Waals surface area contributed by atoms with E-state index < -0.39 is 0 Å². The standard InChI is InChI=1S/C54H36N4O/c1-54(2)43-23-11-9-20-38(43)49-39(21-13-24-44(49)54)52-55-51(34-17-7-4-8-18-34)56-53(57-52)40-22-14-26-48-50(40)42-32-36(28-30-47(42)59-48)58-45-25-12-10-19-37(45)41-31-35(27-29-46(41)58)33-15-5-3-6-16-33/h3-32H,1-2H3. The van der Waals surface area contributed by atoms with Gasteiger partial charge >= 0.3 is 0 Å². The Morgan fingerprint density at radius 2 is 1.07 bits per heavy atom. The van der Waals surface area contributed by atoms with E-state index in [1.54, 1.807) is 0 Å². The molecule has 5 heteroatoms. The molecule has 0 bridgehead atoms. The third-order valence-corrected chi connectivity index (χ3v) is 12.3. The molecule has 0 aliphatic heterocycles. The molecule has 12 rings (SSSR count). The molecule has 1 aliphatic rings. The average molecular weight is 757 g/mol. The molecule has 0 unspecified atom stereocenters. The highest BCUT2D eigenvalue weighted by atomic mass is 16.3. The Kier molecular flexibility index (Phi) is 7.20. The van der Waals surface area contributed by atoms with Gasteiger partial charge in [-0.3, -0.25) is 0 Å². The van der Waals surface area contributed by atoms with Crippen LogP contribution in [-0.2, 0) is 5.41 Å². The molecule has 278 valence electrons. The molecular formula is C54H36N4O. The molecule has 11 aromatic rings. The van der Waals surface area contributed by atoms with Crippen molar-refractivity contribution in [2.24, 2.45) is 0 Å². The molecule has 0 saturated heterocycles. The van der Waals surface area contributed by atoms with Crippen molar-refractivity contribution in [1.82, 2.24) is 19.5 Å². The number of hydrogen-bond donors (Lipinski definition) is 0. The van der Waals surface area contributed by atoms with Crippen LogP contribution in [0.25, 0.3) is 106 Å². The lowest BCUT2D eigenvalue weighted by molar-refractivity contribution is 0.660. The van der Waals surface area contributed by atoms with Crippen molar-refractivity contribution in [2.45, 2.75) is 19.3 Å². The number of nitrogens with zero attached hydrogens (tertiary/aromatic N) is 4. The maximum absolute atomic E-state index is 6.60. The summed E-state index contributed by atoms with van der Waals surface area (Å²) in [6, 6.07) is 64.2. The molecule has 59 heavy (non-hydrogen) atoms. The zero-order valence-corrected chi connectivity index (χ0v) is 32.5. The summed E-state index contributed by atoms with van der Waals surface area (Å²) in [5.41, 5.74) is 15.0. The first-order valence-electron chi connectivity index (χ1n) is 20.1. The zero-order chi connectivity index (χ0) is 39.2. The van der Waals surface area contributed by atoms with Gasteiger partial charge in [0, 0.05) is 49.3 Å². The van der Waals surface area contributed by atoms with Crippen molar-refractivity contribution in [3.05, 3.63) is 193 Å². The minimum atomic E-state index is -0.153. The van der Waals surface area contributed by atoms with Gasteiger partial charge in [0.2, 0.25) is 0 Å². The van der Waals surface area contributed by atoms with Gasteiger partial charge in [0.15, 0.2) is 17.5 Å². The first-order valence-corrected chi connectivity index (χ1v) is 20.1. The van der Waals surface area contributed by atoms with E-state index >= 15 is 0 Å². The van der Waals surface area contributed by atoms with Crippen LogP contribution in [0.15, 0.2) is 186 Å². The summed E-state index contributed by atoms with van der Waals surface area (Å²) < 4.78 is 8.96. The molecule has 1 aliphatic carbocycles. The van der Waals surface area contributed by atoms with Crippen LogP contribution in [0.4, 0.5) is 0 Å². The van der Waals surface area contributed by atoms with Crippen molar-refractivity contribution in [3.63, 3.8) is 0 Å². The minimum absolute atomic E-state index is 0.153. The van der Waals surface area contributed by atoms with Crippen LogP contribution >= 0.6 is 0 Å². The van der Waals surface area contributed by atoms with Gasteiger partial charge < -0.3 is 8.98 Å². The monoisotopic (exact) mass is 756 g/mol. The van der Waals surface area contributed by atoms with Gasteiger partial charge in [0.05, 0.1) is 11.0 Å². The number of benzene rings is 8. The summed E-state index contributed by atoms with van der Waals surface area (Å²) in [5, 5.41) is 4.39. The Labute approximate surface area is 340 Å².